The molecule has 7 heteroatoms. The van der Waals surface area contributed by atoms with Gasteiger partial charge in [-0.2, -0.15) is 8.78 Å². The molecule has 1 heterocycles. The number of hydrogen-bond acceptors (Lipinski definition) is 4. The summed E-state index contributed by atoms with van der Waals surface area (Å²) < 4.78 is 37.7. The minimum Gasteiger partial charge on any atom is -0.452 e. The molecule has 29 heavy (non-hydrogen) atoms. The first-order valence-corrected chi connectivity index (χ1v) is 11.7. The molecule has 0 bridgehead atoms. The Bertz CT molecular complexity index is 948. The molecular formula is C22H24F2NO2PS. The van der Waals surface area contributed by atoms with E-state index in [0.29, 0.717) is 16.0 Å². The third-order valence-electron chi connectivity index (χ3n) is 4.52. The quantitative estimate of drug-likeness (QED) is 0.268. The van der Waals surface area contributed by atoms with E-state index in [1.165, 1.54) is 23.5 Å². The number of fused-ring (bicyclic) bond motifs is 1. The second-order valence-corrected chi connectivity index (χ2v) is 9.64. The summed E-state index contributed by atoms with van der Waals surface area (Å²) in [4.78, 5) is 11.5. The molecule has 3 rings (SSSR count). The van der Waals surface area contributed by atoms with Gasteiger partial charge in [-0.3, -0.25) is 9.88 Å². The van der Waals surface area contributed by atoms with Crippen LogP contribution in [0, 0.1) is 0 Å². The molecule has 3 aromatic rings. The topological polar surface area (TPSA) is 38.3 Å². The fourth-order valence-electron chi connectivity index (χ4n) is 2.95. The fraction of sp³-hybridized carbons (Fsp3) is 0.318. The molecular weight excluding hydrogens is 411 g/mol. The smallest absolute Gasteiger partial charge is 0.339 e. The maximum atomic E-state index is 15.6. The SMILES string of the molecule is CCCCC(C)NP(Oc1ccccc1)C(F)(F)c1ccc2sc(C=O)cc2c1. The van der Waals surface area contributed by atoms with Gasteiger partial charge >= 0.3 is 5.66 Å². The Morgan fingerprint density at radius 3 is 2.66 bits per heavy atom. The van der Waals surface area contributed by atoms with Gasteiger partial charge in [-0.05, 0) is 49.1 Å². The zero-order valence-electron chi connectivity index (χ0n) is 16.4. The normalized spacial score (nSPS) is 13.9. The van der Waals surface area contributed by atoms with Crippen molar-refractivity contribution >= 4 is 36.0 Å². The molecule has 1 N–H and O–H groups in total. The van der Waals surface area contributed by atoms with Crippen molar-refractivity contribution in [2.24, 2.45) is 0 Å². The van der Waals surface area contributed by atoms with E-state index in [9.17, 15) is 4.79 Å². The number of thiophene rings is 1. The van der Waals surface area contributed by atoms with E-state index in [1.807, 2.05) is 13.0 Å². The van der Waals surface area contributed by atoms with E-state index < -0.39 is 14.0 Å². The predicted molar refractivity (Wildman–Crippen MR) is 117 cm³/mol. The van der Waals surface area contributed by atoms with Crippen LogP contribution in [0.1, 0.15) is 48.3 Å². The van der Waals surface area contributed by atoms with Crippen LogP contribution >= 0.6 is 19.6 Å². The van der Waals surface area contributed by atoms with Gasteiger partial charge in [0, 0.05) is 16.3 Å². The second kappa shape index (κ2) is 9.75. The number of nitrogens with one attached hydrogen (secondary N) is 1. The number of carbonyl (C=O) groups is 1. The average molecular weight is 435 g/mol. The van der Waals surface area contributed by atoms with E-state index in [1.54, 1.807) is 36.4 Å². The Hall–Kier alpha value is -1.88. The first-order valence-electron chi connectivity index (χ1n) is 9.60. The maximum Gasteiger partial charge on any atom is 0.339 e. The van der Waals surface area contributed by atoms with Crippen LogP contribution in [0.5, 0.6) is 5.75 Å². The third kappa shape index (κ3) is 5.39. The first kappa shape index (κ1) is 21.8. The summed E-state index contributed by atoms with van der Waals surface area (Å²) in [5.41, 5.74) is -3.32. The Morgan fingerprint density at radius 1 is 1.21 bits per heavy atom. The summed E-state index contributed by atoms with van der Waals surface area (Å²) in [6.07, 6.45) is 3.51. The minimum absolute atomic E-state index is 0.0952. The number of aldehydes is 1. The van der Waals surface area contributed by atoms with E-state index in [-0.39, 0.29) is 11.6 Å². The molecule has 0 saturated carbocycles. The number of hydrogen-bond donors (Lipinski definition) is 1. The fourth-order valence-corrected chi connectivity index (χ4v) is 5.38. The van der Waals surface area contributed by atoms with Gasteiger partial charge in [-0.25, -0.2) is 0 Å². The lowest BCUT2D eigenvalue weighted by atomic mass is 10.1. The number of halogens is 2. The highest BCUT2D eigenvalue weighted by atomic mass is 32.1. The van der Waals surface area contributed by atoms with Crippen LogP contribution in [0.2, 0.25) is 0 Å². The van der Waals surface area contributed by atoms with Crippen LogP contribution in [-0.4, -0.2) is 12.3 Å². The van der Waals surface area contributed by atoms with Crippen LogP contribution in [0.15, 0.2) is 54.6 Å². The van der Waals surface area contributed by atoms with E-state index in [0.717, 1.165) is 30.2 Å². The van der Waals surface area contributed by atoms with Crippen LogP contribution in [0.3, 0.4) is 0 Å². The molecule has 0 spiro atoms. The summed E-state index contributed by atoms with van der Waals surface area (Å²) in [5.74, 6) is 0.410. The van der Waals surface area contributed by atoms with Gasteiger partial charge in [0.25, 0.3) is 0 Å². The zero-order valence-corrected chi connectivity index (χ0v) is 18.1. The van der Waals surface area contributed by atoms with Crippen LogP contribution in [-0.2, 0) is 5.66 Å². The van der Waals surface area contributed by atoms with Gasteiger partial charge in [0.15, 0.2) is 6.29 Å². The third-order valence-corrected chi connectivity index (χ3v) is 7.40. The highest BCUT2D eigenvalue weighted by Gasteiger charge is 2.45. The zero-order chi connectivity index (χ0) is 20.9. The van der Waals surface area contributed by atoms with E-state index in [2.05, 4.69) is 12.0 Å². The molecule has 2 unspecified atom stereocenters. The van der Waals surface area contributed by atoms with Crippen molar-refractivity contribution in [1.82, 2.24) is 5.09 Å². The highest BCUT2D eigenvalue weighted by molar-refractivity contribution is 7.51. The molecule has 0 aliphatic rings. The lowest BCUT2D eigenvalue weighted by Gasteiger charge is -2.30. The Kier molecular flexibility index (Phi) is 7.33. The van der Waals surface area contributed by atoms with E-state index >= 15 is 8.78 Å². The van der Waals surface area contributed by atoms with Crippen molar-refractivity contribution in [2.45, 2.75) is 44.8 Å². The Labute approximate surface area is 175 Å². The van der Waals surface area contributed by atoms with Crippen LogP contribution in [0.4, 0.5) is 8.78 Å². The lowest BCUT2D eigenvalue weighted by Crippen LogP contribution is -2.30. The van der Waals surface area contributed by atoms with Gasteiger partial charge < -0.3 is 4.52 Å². The van der Waals surface area contributed by atoms with Crippen molar-refractivity contribution in [3.05, 3.63) is 65.0 Å². The average Bonchev–Trinajstić information content (AvgIpc) is 3.15. The molecule has 2 aromatic carbocycles. The van der Waals surface area contributed by atoms with Crippen molar-refractivity contribution in [2.75, 3.05) is 0 Å². The van der Waals surface area contributed by atoms with E-state index in [4.69, 9.17) is 4.52 Å². The van der Waals surface area contributed by atoms with Gasteiger partial charge in [0.05, 0.1) is 4.88 Å². The molecule has 1 aromatic heterocycles. The van der Waals surface area contributed by atoms with Gasteiger partial charge in [0.1, 0.15) is 5.75 Å². The van der Waals surface area contributed by atoms with Gasteiger partial charge in [-0.15, -0.1) is 11.3 Å². The number of alkyl halides is 2. The van der Waals surface area contributed by atoms with Crippen molar-refractivity contribution < 1.29 is 18.1 Å². The van der Waals surface area contributed by atoms with Gasteiger partial charge in [-0.1, -0.05) is 44.0 Å². The molecule has 0 saturated heterocycles. The molecule has 0 aliphatic heterocycles. The molecule has 0 aliphatic carbocycles. The lowest BCUT2D eigenvalue weighted by molar-refractivity contribution is 0.0853. The summed E-state index contributed by atoms with van der Waals surface area (Å²) in [7, 11) is -2.31. The van der Waals surface area contributed by atoms with Gasteiger partial charge in [0.2, 0.25) is 8.30 Å². The Morgan fingerprint density at radius 2 is 1.97 bits per heavy atom. The second-order valence-electron chi connectivity index (χ2n) is 6.93. The van der Waals surface area contributed by atoms with Crippen molar-refractivity contribution in [3.63, 3.8) is 0 Å². The maximum absolute atomic E-state index is 15.6. The number of unbranched alkanes of at least 4 members (excludes halogenated alkanes) is 1. The summed E-state index contributed by atoms with van der Waals surface area (Å²) in [6, 6.07) is 14.8. The van der Waals surface area contributed by atoms with Crippen LogP contribution < -0.4 is 9.61 Å². The largest absolute Gasteiger partial charge is 0.452 e. The van der Waals surface area contributed by atoms with Crippen molar-refractivity contribution in [3.8, 4) is 5.75 Å². The first-order chi connectivity index (χ1) is 13.9. The monoisotopic (exact) mass is 435 g/mol. The molecule has 154 valence electrons. The molecule has 0 amide bonds. The summed E-state index contributed by atoms with van der Waals surface area (Å²) in [5, 5.41) is 3.68. The summed E-state index contributed by atoms with van der Waals surface area (Å²) in [6.45, 7) is 3.99. The number of para-hydroxylation sites is 1. The highest BCUT2D eigenvalue weighted by Crippen LogP contribution is 2.57. The minimum atomic E-state index is -3.21. The van der Waals surface area contributed by atoms with Crippen LogP contribution in [0.25, 0.3) is 10.1 Å². The number of rotatable bonds is 10. The predicted octanol–water partition coefficient (Wildman–Crippen LogP) is 7.32. The van der Waals surface area contributed by atoms with Crippen molar-refractivity contribution in [1.29, 1.82) is 0 Å². The molecule has 3 nitrogen and oxygen atoms in total. The number of benzene rings is 2. The molecule has 0 fully saturated rings. The summed E-state index contributed by atoms with van der Waals surface area (Å²) >= 11 is 1.29. The Balaban J connectivity index is 1.91. The molecule has 2 atom stereocenters. The molecule has 0 radical (unpaired) electrons. The number of carbonyl (C=O) groups excluding carboxylic acids is 1. The standard InChI is InChI=1S/C22H24F2NO2PS/c1-3-4-8-16(2)25-28(27-19-9-6-5-7-10-19)22(23,24)18-11-12-21-17(13-18)14-20(15-26)29-21/h5-7,9-16,25H,3-4,8H2,1-2H3.